The van der Waals surface area contributed by atoms with Crippen LogP contribution in [0, 0.1) is 6.92 Å². The average Bonchev–Trinajstić information content (AvgIpc) is 3.14. The summed E-state index contributed by atoms with van der Waals surface area (Å²) in [7, 11) is 0. The van der Waals surface area contributed by atoms with Crippen LogP contribution >= 0.6 is 11.3 Å². The number of rotatable bonds is 9. The topological polar surface area (TPSA) is 84.9 Å². The van der Waals surface area contributed by atoms with Crippen molar-refractivity contribution >= 4 is 34.2 Å². The first-order valence-electron chi connectivity index (χ1n) is 12.5. The summed E-state index contributed by atoms with van der Waals surface area (Å²) in [6.45, 7) is 5.93. The van der Waals surface area contributed by atoms with E-state index in [2.05, 4.69) is 10.2 Å². The van der Waals surface area contributed by atoms with Crippen LogP contribution in [-0.2, 0) is 14.3 Å². The van der Waals surface area contributed by atoms with Crippen molar-refractivity contribution in [3.8, 4) is 0 Å². The van der Waals surface area contributed by atoms with Crippen LogP contribution in [0.15, 0.2) is 0 Å². The molecule has 0 radical (unpaired) electrons. The molecule has 0 unspecified atom stereocenters. The minimum atomic E-state index is -0.534. The number of carbonyl (C=O) groups excluding carboxylic acids is 3. The number of hydrogen-bond donors (Lipinski definition) is 1. The number of esters is 2. The molecule has 0 aromatic carbocycles. The molecule has 0 saturated heterocycles. The smallest absolute Gasteiger partial charge is 0.348 e. The molecule has 2 saturated carbocycles. The lowest BCUT2D eigenvalue weighted by molar-refractivity contribution is -0.119. The molecule has 2 fully saturated rings. The normalized spacial score (nSPS) is 17.7. The number of carbonyl (C=O) groups is 3. The molecule has 7 nitrogen and oxygen atoms in total. The fourth-order valence-electron chi connectivity index (χ4n) is 5.16. The number of nitrogens with one attached hydrogen (secondary N) is 1. The quantitative estimate of drug-likeness (QED) is 0.484. The number of thiophene rings is 1. The molecule has 2 aliphatic rings. The maximum Gasteiger partial charge on any atom is 0.348 e. The monoisotopic (exact) mass is 478 g/mol. The van der Waals surface area contributed by atoms with Gasteiger partial charge < -0.3 is 14.8 Å². The van der Waals surface area contributed by atoms with Crippen molar-refractivity contribution in [1.29, 1.82) is 0 Å². The predicted octanol–water partition coefficient (Wildman–Crippen LogP) is 5.32. The maximum atomic E-state index is 13.2. The second-order valence-corrected chi connectivity index (χ2v) is 10.0. The molecule has 1 N–H and O–H groups in total. The molecule has 184 valence electrons. The van der Waals surface area contributed by atoms with Gasteiger partial charge in [0.05, 0.1) is 25.3 Å². The van der Waals surface area contributed by atoms with Gasteiger partial charge in [0.2, 0.25) is 5.91 Å². The zero-order valence-electron chi connectivity index (χ0n) is 20.2. The molecule has 0 bridgehead atoms. The molecule has 1 heterocycles. The lowest BCUT2D eigenvalue weighted by atomic mass is 9.88. The summed E-state index contributed by atoms with van der Waals surface area (Å²) in [6.07, 6.45) is 12.0. The van der Waals surface area contributed by atoms with Crippen LogP contribution in [0.3, 0.4) is 0 Å². The third kappa shape index (κ3) is 6.57. The minimum Gasteiger partial charge on any atom is -0.462 e. The second kappa shape index (κ2) is 12.5. The summed E-state index contributed by atoms with van der Waals surface area (Å²) >= 11 is 1.09. The zero-order valence-corrected chi connectivity index (χ0v) is 21.1. The van der Waals surface area contributed by atoms with Crippen LogP contribution in [-0.4, -0.2) is 54.6 Å². The molecule has 1 amide bonds. The minimum absolute atomic E-state index is 0.145. The molecule has 1 aromatic heterocycles. The molecule has 0 aliphatic heterocycles. The van der Waals surface area contributed by atoms with Crippen molar-refractivity contribution in [2.45, 2.75) is 97.1 Å². The van der Waals surface area contributed by atoms with Crippen molar-refractivity contribution in [2.24, 2.45) is 0 Å². The summed E-state index contributed by atoms with van der Waals surface area (Å²) in [5.41, 5.74) is 0.740. The Morgan fingerprint density at radius 2 is 1.39 bits per heavy atom. The van der Waals surface area contributed by atoms with E-state index in [1.54, 1.807) is 20.8 Å². The summed E-state index contributed by atoms with van der Waals surface area (Å²) in [4.78, 5) is 41.0. The van der Waals surface area contributed by atoms with Crippen molar-refractivity contribution in [3.63, 3.8) is 0 Å². The molecule has 33 heavy (non-hydrogen) atoms. The van der Waals surface area contributed by atoms with E-state index in [0.29, 0.717) is 34.1 Å². The summed E-state index contributed by atoms with van der Waals surface area (Å²) in [5, 5.41) is 3.31. The van der Waals surface area contributed by atoms with Gasteiger partial charge in [-0.2, -0.15) is 0 Å². The lowest BCUT2D eigenvalue weighted by Crippen LogP contribution is -2.48. The first kappa shape index (κ1) is 25.7. The standard InChI is InChI=1S/C25H38N2O5S/c1-4-31-24(29)21-17(3)22(25(30)32-5-2)33-23(21)26-20(28)16-27(18-12-8-6-9-13-18)19-14-10-7-11-15-19/h18-19H,4-16H2,1-3H3,(H,26,28). The highest BCUT2D eigenvalue weighted by atomic mass is 32.1. The Bertz CT molecular complexity index is 807. The van der Waals surface area contributed by atoms with E-state index in [1.807, 2.05) is 0 Å². The fourth-order valence-corrected chi connectivity index (χ4v) is 6.26. The summed E-state index contributed by atoms with van der Waals surface area (Å²) < 4.78 is 10.4. The van der Waals surface area contributed by atoms with E-state index in [9.17, 15) is 14.4 Å². The van der Waals surface area contributed by atoms with Crippen molar-refractivity contribution in [2.75, 3.05) is 25.1 Å². The molecule has 1 aromatic rings. The molecule has 2 aliphatic carbocycles. The Balaban J connectivity index is 1.80. The Morgan fingerprint density at radius 3 is 1.91 bits per heavy atom. The fraction of sp³-hybridized carbons (Fsp3) is 0.720. The number of amides is 1. The largest absolute Gasteiger partial charge is 0.462 e. The first-order chi connectivity index (χ1) is 16.0. The van der Waals surface area contributed by atoms with Gasteiger partial charge >= 0.3 is 11.9 Å². The van der Waals surface area contributed by atoms with E-state index in [-0.39, 0.29) is 24.7 Å². The van der Waals surface area contributed by atoms with Gasteiger partial charge in [-0.3, -0.25) is 9.69 Å². The van der Waals surface area contributed by atoms with Crippen LogP contribution in [0.5, 0.6) is 0 Å². The highest BCUT2D eigenvalue weighted by molar-refractivity contribution is 7.18. The molecular weight excluding hydrogens is 440 g/mol. The Labute approximate surface area is 201 Å². The molecule has 0 spiro atoms. The van der Waals surface area contributed by atoms with E-state index < -0.39 is 11.9 Å². The Hall–Kier alpha value is -1.93. The van der Waals surface area contributed by atoms with Gasteiger partial charge in [-0.25, -0.2) is 9.59 Å². The summed E-state index contributed by atoms with van der Waals surface area (Å²) in [5.74, 6) is -1.17. The first-order valence-corrected chi connectivity index (χ1v) is 13.3. The highest BCUT2D eigenvalue weighted by Crippen LogP contribution is 2.35. The van der Waals surface area contributed by atoms with Crippen molar-refractivity contribution in [3.05, 3.63) is 16.0 Å². The van der Waals surface area contributed by atoms with Gasteiger partial charge in [-0.05, 0) is 52.0 Å². The van der Waals surface area contributed by atoms with Gasteiger partial charge in [0.15, 0.2) is 0 Å². The third-order valence-electron chi connectivity index (χ3n) is 6.75. The van der Waals surface area contributed by atoms with Crippen LogP contribution in [0.25, 0.3) is 0 Å². The SMILES string of the molecule is CCOC(=O)c1sc(NC(=O)CN(C2CCCCC2)C2CCCCC2)c(C(=O)OCC)c1C. The predicted molar refractivity (Wildman–Crippen MR) is 130 cm³/mol. The molecule has 0 atom stereocenters. The molecular formula is C25H38N2O5S. The van der Waals surface area contributed by atoms with Gasteiger partial charge in [0.25, 0.3) is 0 Å². The van der Waals surface area contributed by atoms with Crippen molar-refractivity contribution < 1.29 is 23.9 Å². The number of anilines is 1. The van der Waals surface area contributed by atoms with Gasteiger partial charge in [-0.15, -0.1) is 11.3 Å². The highest BCUT2D eigenvalue weighted by Gasteiger charge is 2.32. The van der Waals surface area contributed by atoms with Gasteiger partial charge in [0.1, 0.15) is 9.88 Å². The van der Waals surface area contributed by atoms with E-state index in [1.165, 1.54) is 38.5 Å². The van der Waals surface area contributed by atoms with E-state index in [0.717, 1.165) is 37.0 Å². The van der Waals surface area contributed by atoms with Crippen LogP contribution < -0.4 is 5.32 Å². The maximum absolute atomic E-state index is 13.2. The molecule has 3 rings (SSSR count). The second-order valence-electron chi connectivity index (χ2n) is 9.01. The van der Waals surface area contributed by atoms with Crippen LogP contribution in [0.4, 0.5) is 5.00 Å². The number of nitrogens with zero attached hydrogens (tertiary/aromatic N) is 1. The number of ether oxygens (including phenoxy) is 2. The van der Waals surface area contributed by atoms with E-state index in [4.69, 9.17) is 9.47 Å². The Morgan fingerprint density at radius 1 is 0.879 bits per heavy atom. The zero-order chi connectivity index (χ0) is 23.8. The lowest BCUT2D eigenvalue weighted by Gasteiger charge is -2.41. The third-order valence-corrected chi connectivity index (χ3v) is 7.94. The van der Waals surface area contributed by atoms with Crippen molar-refractivity contribution in [1.82, 2.24) is 4.90 Å². The van der Waals surface area contributed by atoms with Gasteiger partial charge in [0, 0.05) is 12.1 Å². The van der Waals surface area contributed by atoms with Crippen LogP contribution in [0.2, 0.25) is 0 Å². The summed E-state index contributed by atoms with van der Waals surface area (Å²) in [6, 6.07) is 0.884. The van der Waals surface area contributed by atoms with Crippen LogP contribution in [0.1, 0.15) is 104 Å². The number of hydrogen-bond acceptors (Lipinski definition) is 7. The Kier molecular flexibility index (Phi) is 9.74. The van der Waals surface area contributed by atoms with E-state index >= 15 is 0 Å². The molecule has 8 heteroatoms. The van der Waals surface area contributed by atoms with Gasteiger partial charge in [-0.1, -0.05) is 38.5 Å². The average molecular weight is 479 g/mol.